The summed E-state index contributed by atoms with van der Waals surface area (Å²) in [4.78, 5) is 10.5. The number of methoxy groups -OCH3 is 1. The van der Waals surface area contributed by atoms with Gasteiger partial charge in [0.15, 0.2) is 0 Å². The molecule has 0 unspecified atom stereocenters. The van der Waals surface area contributed by atoms with E-state index in [1.54, 1.807) is 19.2 Å². The Labute approximate surface area is 118 Å². The molecule has 0 bridgehead atoms. The minimum atomic E-state index is -0.400. The summed E-state index contributed by atoms with van der Waals surface area (Å²) in [6.45, 7) is 0. The number of benzene rings is 2. The molecule has 3 aromatic rings. The van der Waals surface area contributed by atoms with Crippen LogP contribution in [0.2, 0.25) is 0 Å². The van der Waals surface area contributed by atoms with Crippen molar-refractivity contribution in [1.82, 2.24) is 4.37 Å². The van der Waals surface area contributed by atoms with Gasteiger partial charge in [0.2, 0.25) is 0 Å². The second-order valence-electron chi connectivity index (χ2n) is 4.17. The quantitative estimate of drug-likeness (QED) is 0.541. The zero-order valence-corrected chi connectivity index (χ0v) is 11.4. The van der Waals surface area contributed by atoms with Crippen LogP contribution >= 0.6 is 11.5 Å². The Morgan fingerprint density at radius 2 is 2.05 bits per heavy atom. The standard InChI is InChI=1S/C14H10N2O3S/c1-19-12-5-3-2-4-10(12)14-11-8-9(16(17)18)6-7-13(11)20-15-14/h2-8H,1H3. The van der Waals surface area contributed by atoms with Crippen molar-refractivity contribution < 1.29 is 9.66 Å². The number of nitro groups is 1. The third-order valence-corrected chi connectivity index (χ3v) is 3.85. The average Bonchev–Trinajstić information content (AvgIpc) is 2.89. The van der Waals surface area contributed by atoms with E-state index in [2.05, 4.69) is 4.37 Å². The van der Waals surface area contributed by atoms with Crippen LogP contribution in [0.15, 0.2) is 42.5 Å². The van der Waals surface area contributed by atoms with E-state index in [1.807, 2.05) is 24.3 Å². The molecule has 0 atom stereocenters. The fourth-order valence-electron chi connectivity index (χ4n) is 2.07. The van der Waals surface area contributed by atoms with Crippen molar-refractivity contribution >= 4 is 27.3 Å². The van der Waals surface area contributed by atoms with Crippen LogP contribution in [-0.2, 0) is 0 Å². The van der Waals surface area contributed by atoms with Crippen LogP contribution in [0, 0.1) is 10.1 Å². The minimum absolute atomic E-state index is 0.0637. The van der Waals surface area contributed by atoms with Gasteiger partial charge in [-0.1, -0.05) is 12.1 Å². The number of ether oxygens (including phenoxy) is 1. The van der Waals surface area contributed by atoms with Gasteiger partial charge in [-0.3, -0.25) is 10.1 Å². The molecule has 20 heavy (non-hydrogen) atoms. The van der Waals surface area contributed by atoms with Gasteiger partial charge in [0.05, 0.1) is 22.4 Å². The maximum Gasteiger partial charge on any atom is 0.270 e. The molecule has 0 fully saturated rings. The second kappa shape index (κ2) is 4.90. The molecule has 1 aromatic heterocycles. The highest BCUT2D eigenvalue weighted by atomic mass is 32.1. The summed E-state index contributed by atoms with van der Waals surface area (Å²) in [6.07, 6.45) is 0. The van der Waals surface area contributed by atoms with E-state index >= 15 is 0 Å². The normalized spacial score (nSPS) is 10.7. The Balaban J connectivity index is 2.26. The third kappa shape index (κ3) is 2.00. The summed E-state index contributed by atoms with van der Waals surface area (Å²) in [5.41, 5.74) is 1.61. The zero-order chi connectivity index (χ0) is 14.1. The Bertz CT molecular complexity index is 798. The predicted molar refractivity (Wildman–Crippen MR) is 78.3 cm³/mol. The molecule has 3 rings (SSSR count). The van der Waals surface area contributed by atoms with Gasteiger partial charge < -0.3 is 4.74 Å². The SMILES string of the molecule is COc1ccccc1-c1nsc2ccc([N+](=O)[O-])cc12. The van der Waals surface area contributed by atoms with Gasteiger partial charge in [-0.2, -0.15) is 4.37 Å². The van der Waals surface area contributed by atoms with Crippen LogP contribution < -0.4 is 4.74 Å². The van der Waals surface area contributed by atoms with Gasteiger partial charge in [0, 0.05) is 23.1 Å². The van der Waals surface area contributed by atoms with Crippen LogP contribution in [0.25, 0.3) is 21.3 Å². The molecule has 1 heterocycles. The highest BCUT2D eigenvalue weighted by Gasteiger charge is 2.15. The van der Waals surface area contributed by atoms with Crippen LogP contribution in [0.5, 0.6) is 5.75 Å². The number of nitro benzene ring substituents is 1. The first-order valence-electron chi connectivity index (χ1n) is 5.88. The topological polar surface area (TPSA) is 65.3 Å². The first kappa shape index (κ1) is 12.6. The number of non-ortho nitro benzene ring substituents is 1. The first-order valence-corrected chi connectivity index (χ1v) is 6.65. The van der Waals surface area contributed by atoms with E-state index in [0.29, 0.717) is 11.4 Å². The fraction of sp³-hybridized carbons (Fsp3) is 0.0714. The molecule has 2 aromatic carbocycles. The van der Waals surface area contributed by atoms with E-state index in [4.69, 9.17) is 4.74 Å². The summed E-state index contributed by atoms with van der Waals surface area (Å²) < 4.78 is 10.7. The maximum absolute atomic E-state index is 10.9. The van der Waals surface area contributed by atoms with Crippen molar-refractivity contribution in [3.05, 3.63) is 52.6 Å². The summed E-state index contributed by atoms with van der Waals surface area (Å²) in [7, 11) is 1.59. The lowest BCUT2D eigenvalue weighted by molar-refractivity contribution is -0.384. The predicted octanol–water partition coefficient (Wildman–Crippen LogP) is 3.88. The summed E-state index contributed by atoms with van der Waals surface area (Å²) >= 11 is 1.32. The van der Waals surface area contributed by atoms with Crippen molar-refractivity contribution in [3.63, 3.8) is 0 Å². The highest BCUT2D eigenvalue weighted by Crippen LogP contribution is 2.37. The molecular formula is C14H10N2O3S. The lowest BCUT2D eigenvalue weighted by Gasteiger charge is -2.05. The second-order valence-corrected chi connectivity index (χ2v) is 4.97. The van der Waals surface area contributed by atoms with Crippen molar-refractivity contribution in [1.29, 1.82) is 0 Å². The highest BCUT2D eigenvalue weighted by molar-refractivity contribution is 7.13. The molecular weight excluding hydrogens is 276 g/mol. The molecule has 100 valence electrons. The number of aromatic nitrogens is 1. The fourth-order valence-corrected chi connectivity index (χ4v) is 2.84. The molecule has 0 aliphatic carbocycles. The molecule has 0 N–H and O–H groups in total. The molecule has 0 saturated carbocycles. The van der Waals surface area contributed by atoms with Crippen molar-refractivity contribution in [3.8, 4) is 17.0 Å². The Hall–Kier alpha value is -2.47. The van der Waals surface area contributed by atoms with Crippen molar-refractivity contribution in [2.75, 3.05) is 7.11 Å². The Morgan fingerprint density at radius 1 is 1.25 bits per heavy atom. The average molecular weight is 286 g/mol. The van der Waals surface area contributed by atoms with Gasteiger partial charge >= 0.3 is 0 Å². The molecule has 0 saturated heterocycles. The summed E-state index contributed by atoms with van der Waals surface area (Å²) in [6, 6.07) is 12.3. The van der Waals surface area contributed by atoms with Crippen LogP contribution in [0.4, 0.5) is 5.69 Å². The van der Waals surface area contributed by atoms with Gasteiger partial charge in [0.1, 0.15) is 5.75 Å². The number of hydrogen-bond donors (Lipinski definition) is 0. The van der Waals surface area contributed by atoms with Crippen molar-refractivity contribution in [2.24, 2.45) is 0 Å². The largest absolute Gasteiger partial charge is 0.496 e. The van der Waals surface area contributed by atoms with E-state index in [9.17, 15) is 10.1 Å². The van der Waals surface area contributed by atoms with Gasteiger partial charge in [0.25, 0.3) is 5.69 Å². The van der Waals surface area contributed by atoms with E-state index in [0.717, 1.165) is 15.6 Å². The van der Waals surface area contributed by atoms with Crippen LogP contribution in [-0.4, -0.2) is 16.4 Å². The molecule has 0 aliphatic heterocycles. The third-order valence-electron chi connectivity index (χ3n) is 3.03. The van der Waals surface area contributed by atoms with Gasteiger partial charge in [-0.05, 0) is 29.7 Å². The Morgan fingerprint density at radius 3 is 2.80 bits per heavy atom. The number of hydrogen-bond acceptors (Lipinski definition) is 5. The lowest BCUT2D eigenvalue weighted by atomic mass is 10.1. The van der Waals surface area contributed by atoms with Crippen LogP contribution in [0.1, 0.15) is 0 Å². The van der Waals surface area contributed by atoms with E-state index in [1.165, 1.54) is 17.6 Å². The summed E-state index contributed by atoms with van der Waals surface area (Å²) in [5, 5.41) is 11.7. The molecule has 0 radical (unpaired) electrons. The Kier molecular flexibility index (Phi) is 3.08. The number of para-hydroxylation sites is 1. The first-order chi connectivity index (χ1) is 9.70. The minimum Gasteiger partial charge on any atom is -0.496 e. The number of rotatable bonds is 3. The molecule has 6 heteroatoms. The molecule has 5 nitrogen and oxygen atoms in total. The van der Waals surface area contributed by atoms with Gasteiger partial charge in [-0.25, -0.2) is 0 Å². The number of fused-ring (bicyclic) bond motifs is 1. The maximum atomic E-state index is 10.9. The number of nitrogens with zero attached hydrogens (tertiary/aromatic N) is 2. The van der Waals surface area contributed by atoms with E-state index in [-0.39, 0.29) is 5.69 Å². The van der Waals surface area contributed by atoms with Crippen molar-refractivity contribution in [2.45, 2.75) is 0 Å². The van der Waals surface area contributed by atoms with Crippen LogP contribution in [0.3, 0.4) is 0 Å². The lowest BCUT2D eigenvalue weighted by Crippen LogP contribution is -1.89. The zero-order valence-electron chi connectivity index (χ0n) is 10.6. The molecule has 0 aliphatic rings. The van der Waals surface area contributed by atoms with Gasteiger partial charge in [-0.15, -0.1) is 0 Å². The summed E-state index contributed by atoms with van der Waals surface area (Å²) in [5.74, 6) is 0.700. The van der Waals surface area contributed by atoms with E-state index < -0.39 is 4.92 Å². The molecule has 0 amide bonds. The monoisotopic (exact) mass is 286 g/mol. The molecule has 0 spiro atoms. The smallest absolute Gasteiger partial charge is 0.270 e.